The van der Waals surface area contributed by atoms with Gasteiger partial charge in [-0.3, -0.25) is 4.79 Å². The highest BCUT2D eigenvalue weighted by atomic mass is 32.2. The number of carbonyl (C=O) groups is 1. The van der Waals surface area contributed by atoms with Crippen LogP contribution in [0.15, 0.2) is 30.3 Å². The highest BCUT2D eigenvalue weighted by Crippen LogP contribution is 2.29. The molecule has 0 saturated carbocycles. The summed E-state index contributed by atoms with van der Waals surface area (Å²) in [6, 6.07) is 10.0. The quantitative estimate of drug-likeness (QED) is 0.865. The van der Waals surface area contributed by atoms with E-state index in [0.29, 0.717) is 39.0 Å². The second-order valence-corrected chi connectivity index (χ2v) is 8.84. The Morgan fingerprint density at radius 1 is 1.12 bits per heavy atom. The van der Waals surface area contributed by atoms with Gasteiger partial charge in [0.2, 0.25) is 15.9 Å². The Labute approximate surface area is 143 Å². The Bertz CT molecular complexity index is 684. The number of hydrogen-bond acceptors (Lipinski definition) is 4. The average Bonchev–Trinajstić information content (AvgIpc) is 2.96. The lowest BCUT2D eigenvalue weighted by molar-refractivity contribution is -0.135. The van der Waals surface area contributed by atoms with Crippen molar-refractivity contribution in [1.82, 2.24) is 9.21 Å². The third kappa shape index (κ3) is 3.63. The molecule has 2 atom stereocenters. The van der Waals surface area contributed by atoms with Crippen molar-refractivity contribution in [2.45, 2.75) is 24.8 Å². The second-order valence-electron chi connectivity index (χ2n) is 6.86. The van der Waals surface area contributed by atoms with E-state index in [-0.39, 0.29) is 23.8 Å². The van der Waals surface area contributed by atoms with Gasteiger partial charge in [0, 0.05) is 44.1 Å². The molecule has 0 radical (unpaired) electrons. The van der Waals surface area contributed by atoms with Crippen molar-refractivity contribution in [1.29, 1.82) is 0 Å². The zero-order valence-electron chi connectivity index (χ0n) is 14.0. The predicted octanol–water partition coefficient (Wildman–Crippen LogP) is 0.611. The van der Waals surface area contributed by atoms with E-state index in [1.807, 2.05) is 23.1 Å². The molecule has 24 heavy (non-hydrogen) atoms. The van der Waals surface area contributed by atoms with E-state index in [2.05, 4.69) is 12.1 Å². The van der Waals surface area contributed by atoms with Gasteiger partial charge >= 0.3 is 0 Å². The number of sulfonamides is 1. The first-order chi connectivity index (χ1) is 11.4. The smallest absolute Gasteiger partial charge is 0.225 e. The molecule has 1 aromatic rings. The summed E-state index contributed by atoms with van der Waals surface area (Å²) in [6.07, 6.45) is 2.40. The average molecular weight is 351 g/mol. The summed E-state index contributed by atoms with van der Waals surface area (Å²) in [5, 5.41) is 0. The zero-order valence-corrected chi connectivity index (χ0v) is 14.8. The van der Waals surface area contributed by atoms with Crippen molar-refractivity contribution in [2.75, 3.05) is 32.4 Å². The van der Waals surface area contributed by atoms with Gasteiger partial charge < -0.3 is 10.6 Å². The number of carbonyl (C=O) groups excluding carboxylic acids is 1. The van der Waals surface area contributed by atoms with E-state index >= 15 is 0 Å². The fourth-order valence-electron chi connectivity index (χ4n) is 3.75. The van der Waals surface area contributed by atoms with E-state index in [0.717, 1.165) is 0 Å². The molecular formula is C17H25N3O3S. The molecule has 0 aromatic heterocycles. The van der Waals surface area contributed by atoms with Crippen LogP contribution in [0.25, 0.3) is 0 Å². The molecule has 0 aliphatic carbocycles. The molecule has 0 unspecified atom stereocenters. The maximum atomic E-state index is 12.8. The maximum Gasteiger partial charge on any atom is 0.225 e. The van der Waals surface area contributed by atoms with Crippen molar-refractivity contribution in [3.8, 4) is 0 Å². The van der Waals surface area contributed by atoms with Gasteiger partial charge in [0.15, 0.2) is 0 Å². The molecule has 6 nitrogen and oxygen atoms in total. The van der Waals surface area contributed by atoms with Gasteiger partial charge in [-0.2, -0.15) is 0 Å². The number of likely N-dealkylation sites (tertiary alicyclic amines) is 1. The third-order valence-corrected chi connectivity index (χ3v) is 6.48. The lowest BCUT2D eigenvalue weighted by Gasteiger charge is -2.31. The molecule has 3 rings (SSSR count). The van der Waals surface area contributed by atoms with Gasteiger partial charge in [0.25, 0.3) is 0 Å². The first-order valence-corrected chi connectivity index (χ1v) is 10.3. The normalized spacial score (nSPS) is 26.7. The van der Waals surface area contributed by atoms with E-state index in [9.17, 15) is 13.2 Å². The van der Waals surface area contributed by atoms with Crippen LogP contribution in [-0.4, -0.2) is 62.0 Å². The van der Waals surface area contributed by atoms with E-state index in [1.54, 1.807) is 0 Å². The molecule has 0 spiro atoms. The molecule has 2 aliphatic heterocycles. The van der Waals surface area contributed by atoms with Crippen molar-refractivity contribution in [2.24, 2.45) is 11.7 Å². The highest BCUT2D eigenvalue weighted by molar-refractivity contribution is 7.88. The van der Waals surface area contributed by atoms with Gasteiger partial charge in [-0.15, -0.1) is 0 Å². The minimum atomic E-state index is -3.16. The second kappa shape index (κ2) is 6.82. The monoisotopic (exact) mass is 351 g/mol. The Morgan fingerprint density at radius 2 is 1.75 bits per heavy atom. The summed E-state index contributed by atoms with van der Waals surface area (Å²) >= 11 is 0. The molecule has 2 fully saturated rings. The molecule has 2 aliphatic rings. The van der Waals surface area contributed by atoms with E-state index in [1.165, 1.54) is 16.1 Å². The minimum Gasteiger partial charge on any atom is -0.340 e. The van der Waals surface area contributed by atoms with Gasteiger partial charge in [-0.1, -0.05) is 30.3 Å². The van der Waals surface area contributed by atoms with Gasteiger partial charge in [-0.05, 0) is 18.4 Å². The molecule has 2 N–H and O–H groups in total. The van der Waals surface area contributed by atoms with Crippen LogP contribution in [0.4, 0.5) is 0 Å². The highest BCUT2D eigenvalue weighted by Gasteiger charge is 2.38. The molecule has 2 heterocycles. The summed E-state index contributed by atoms with van der Waals surface area (Å²) < 4.78 is 24.6. The SMILES string of the molecule is CS(=O)(=O)N1CCC(C(=O)N2C[C@@H](N)[C@H](c3ccccc3)C2)CC1. The number of nitrogens with zero attached hydrogens (tertiary/aromatic N) is 2. The molecule has 2 saturated heterocycles. The zero-order chi connectivity index (χ0) is 17.3. The number of nitrogens with two attached hydrogens (primary N) is 1. The van der Waals surface area contributed by atoms with Gasteiger partial charge in [-0.25, -0.2) is 12.7 Å². The summed E-state index contributed by atoms with van der Waals surface area (Å²) in [7, 11) is -3.16. The van der Waals surface area contributed by atoms with Gasteiger partial charge in [0.1, 0.15) is 0 Å². The summed E-state index contributed by atoms with van der Waals surface area (Å²) in [6.45, 7) is 2.08. The van der Waals surface area contributed by atoms with Crippen LogP contribution in [0, 0.1) is 5.92 Å². The van der Waals surface area contributed by atoms with Crippen molar-refractivity contribution >= 4 is 15.9 Å². The van der Waals surface area contributed by atoms with Crippen molar-refractivity contribution < 1.29 is 13.2 Å². The summed E-state index contributed by atoms with van der Waals surface area (Å²) in [5.41, 5.74) is 7.44. The first-order valence-electron chi connectivity index (χ1n) is 8.40. The Hall–Kier alpha value is -1.44. The van der Waals surface area contributed by atoms with Crippen LogP contribution in [0.3, 0.4) is 0 Å². The molecule has 1 amide bonds. The minimum absolute atomic E-state index is 0.0486. The van der Waals surface area contributed by atoms with Crippen LogP contribution in [0.1, 0.15) is 24.3 Å². The number of rotatable bonds is 3. The summed E-state index contributed by atoms with van der Waals surface area (Å²) in [4.78, 5) is 14.6. The Balaban J connectivity index is 1.61. The Morgan fingerprint density at radius 3 is 2.33 bits per heavy atom. The lowest BCUT2D eigenvalue weighted by atomic mass is 9.95. The largest absolute Gasteiger partial charge is 0.340 e. The molecule has 1 aromatic carbocycles. The van der Waals surface area contributed by atoms with Gasteiger partial charge in [0.05, 0.1) is 6.26 Å². The van der Waals surface area contributed by atoms with Crippen LogP contribution in [0.5, 0.6) is 0 Å². The number of amides is 1. The standard InChI is InChI=1S/C17H25N3O3S/c1-24(22,23)20-9-7-14(8-10-20)17(21)19-11-15(16(18)12-19)13-5-3-2-4-6-13/h2-6,14-16H,7-12,18H2,1H3/t15-,16+/m0/s1. The lowest BCUT2D eigenvalue weighted by Crippen LogP contribution is -2.44. The van der Waals surface area contributed by atoms with Crippen molar-refractivity contribution in [3.05, 3.63) is 35.9 Å². The number of piperidine rings is 1. The van der Waals surface area contributed by atoms with Crippen LogP contribution < -0.4 is 5.73 Å². The summed E-state index contributed by atoms with van der Waals surface area (Å²) in [5.74, 6) is 0.202. The number of benzene rings is 1. The maximum absolute atomic E-state index is 12.8. The fourth-order valence-corrected chi connectivity index (χ4v) is 4.63. The van der Waals surface area contributed by atoms with Crippen LogP contribution in [0.2, 0.25) is 0 Å². The topological polar surface area (TPSA) is 83.7 Å². The molecule has 132 valence electrons. The molecular weight excluding hydrogens is 326 g/mol. The van der Waals surface area contributed by atoms with E-state index < -0.39 is 10.0 Å². The van der Waals surface area contributed by atoms with Crippen molar-refractivity contribution in [3.63, 3.8) is 0 Å². The molecule has 7 heteroatoms. The fraction of sp³-hybridized carbons (Fsp3) is 0.588. The number of hydrogen-bond donors (Lipinski definition) is 1. The third-order valence-electron chi connectivity index (χ3n) is 5.18. The Kier molecular flexibility index (Phi) is 4.94. The van der Waals surface area contributed by atoms with E-state index in [4.69, 9.17) is 5.73 Å². The molecule has 0 bridgehead atoms. The predicted molar refractivity (Wildman–Crippen MR) is 92.9 cm³/mol. The van der Waals surface area contributed by atoms with Crippen LogP contribution >= 0.6 is 0 Å². The van der Waals surface area contributed by atoms with Crippen LogP contribution in [-0.2, 0) is 14.8 Å². The first kappa shape index (κ1) is 17.4.